The van der Waals surface area contributed by atoms with E-state index in [1.165, 1.54) is 36.7 Å². The number of amides is 2. The van der Waals surface area contributed by atoms with E-state index in [0.29, 0.717) is 23.2 Å². The summed E-state index contributed by atoms with van der Waals surface area (Å²) in [5, 5.41) is 16.5. The molecule has 2 N–H and O–H groups in total. The standard InChI is InChI=1S/C17H14N4O4/c1-2-3-11-12-8-14(20-16(22)10-4-6-18-7-5-10)15(21(24)25)9-13(12)19-17(11)23/h2,4-9,11H,1,3H2,(H,19,23)(H,20,22). The van der Waals surface area contributed by atoms with Gasteiger partial charge >= 0.3 is 0 Å². The van der Waals surface area contributed by atoms with Crippen LogP contribution in [-0.2, 0) is 4.79 Å². The van der Waals surface area contributed by atoms with E-state index < -0.39 is 16.7 Å². The number of carbonyl (C=O) groups is 2. The molecule has 0 saturated heterocycles. The van der Waals surface area contributed by atoms with E-state index in [9.17, 15) is 19.7 Å². The maximum atomic E-state index is 12.3. The number of nitro benzene ring substituents is 1. The average Bonchev–Trinajstić information content (AvgIpc) is 2.90. The third-order valence-electron chi connectivity index (χ3n) is 3.91. The Hall–Kier alpha value is -3.55. The highest BCUT2D eigenvalue weighted by molar-refractivity contribution is 6.08. The summed E-state index contributed by atoms with van der Waals surface area (Å²) in [5.41, 5.74) is 1.05. The molecule has 1 aliphatic rings. The Morgan fingerprint density at radius 1 is 1.40 bits per heavy atom. The van der Waals surface area contributed by atoms with Crippen molar-refractivity contribution in [1.82, 2.24) is 4.98 Å². The fourth-order valence-corrected chi connectivity index (χ4v) is 2.71. The Kier molecular flexibility index (Phi) is 4.25. The van der Waals surface area contributed by atoms with Gasteiger partial charge in [-0.3, -0.25) is 24.7 Å². The summed E-state index contributed by atoms with van der Waals surface area (Å²) in [6, 6.07) is 5.73. The van der Waals surface area contributed by atoms with Gasteiger partial charge in [0.2, 0.25) is 5.91 Å². The van der Waals surface area contributed by atoms with E-state index in [0.717, 1.165) is 0 Å². The Labute approximate surface area is 142 Å². The summed E-state index contributed by atoms with van der Waals surface area (Å²) in [4.78, 5) is 38.9. The summed E-state index contributed by atoms with van der Waals surface area (Å²) in [6.07, 6.45) is 4.91. The molecule has 0 radical (unpaired) electrons. The highest BCUT2D eigenvalue weighted by atomic mass is 16.6. The molecule has 0 spiro atoms. The Bertz CT molecular complexity index is 880. The smallest absolute Gasteiger partial charge is 0.294 e. The second-order valence-electron chi connectivity index (χ2n) is 5.47. The molecule has 1 aromatic heterocycles. The molecule has 2 aromatic rings. The normalized spacial score (nSPS) is 15.2. The van der Waals surface area contributed by atoms with Crippen LogP contribution >= 0.6 is 0 Å². The van der Waals surface area contributed by atoms with Crippen molar-refractivity contribution < 1.29 is 14.5 Å². The van der Waals surface area contributed by atoms with Crippen molar-refractivity contribution >= 4 is 28.9 Å². The van der Waals surface area contributed by atoms with Crippen LogP contribution in [0.25, 0.3) is 0 Å². The number of nitro groups is 1. The molecule has 126 valence electrons. The van der Waals surface area contributed by atoms with Crippen LogP contribution in [0, 0.1) is 10.1 Å². The molecule has 0 bridgehead atoms. The van der Waals surface area contributed by atoms with Crippen molar-refractivity contribution in [3.05, 3.63) is 70.6 Å². The largest absolute Gasteiger partial charge is 0.325 e. The summed E-state index contributed by atoms with van der Waals surface area (Å²) < 4.78 is 0. The van der Waals surface area contributed by atoms with E-state index in [1.807, 2.05) is 0 Å². The molecule has 8 heteroatoms. The van der Waals surface area contributed by atoms with Gasteiger partial charge in [0.15, 0.2) is 0 Å². The number of nitrogens with zero attached hydrogens (tertiary/aromatic N) is 2. The molecule has 25 heavy (non-hydrogen) atoms. The van der Waals surface area contributed by atoms with Gasteiger partial charge < -0.3 is 10.6 Å². The molecule has 1 aliphatic heterocycles. The molecule has 2 amide bonds. The number of pyridine rings is 1. The molecule has 1 atom stereocenters. The molecule has 1 aromatic carbocycles. The summed E-state index contributed by atoms with van der Waals surface area (Å²) in [5.74, 6) is -1.23. The third kappa shape index (κ3) is 3.09. The molecule has 0 saturated carbocycles. The van der Waals surface area contributed by atoms with Crippen molar-refractivity contribution in [1.29, 1.82) is 0 Å². The first-order valence-electron chi connectivity index (χ1n) is 7.46. The van der Waals surface area contributed by atoms with Gasteiger partial charge in [-0.05, 0) is 30.2 Å². The topological polar surface area (TPSA) is 114 Å². The lowest BCUT2D eigenvalue weighted by atomic mass is 9.96. The maximum Gasteiger partial charge on any atom is 0.294 e. The van der Waals surface area contributed by atoms with Crippen LogP contribution < -0.4 is 10.6 Å². The molecule has 8 nitrogen and oxygen atoms in total. The highest BCUT2D eigenvalue weighted by Gasteiger charge is 2.33. The fraction of sp³-hybridized carbons (Fsp3) is 0.118. The van der Waals surface area contributed by atoms with E-state index in [2.05, 4.69) is 22.2 Å². The van der Waals surface area contributed by atoms with Crippen LogP contribution in [0.2, 0.25) is 0 Å². The van der Waals surface area contributed by atoms with Crippen LogP contribution in [0.3, 0.4) is 0 Å². The van der Waals surface area contributed by atoms with Crippen LogP contribution in [-0.4, -0.2) is 21.7 Å². The average molecular weight is 338 g/mol. The predicted octanol–water partition coefficient (Wildman–Crippen LogP) is 2.85. The summed E-state index contributed by atoms with van der Waals surface area (Å²) in [7, 11) is 0. The monoisotopic (exact) mass is 338 g/mol. The van der Waals surface area contributed by atoms with Crippen molar-refractivity contribution in [2.75, 3.05) is 10.6 Å². The Morgan fingerprint density at radius 3 is 2.76 bits per heavy atom. The van der Waals surface area contributed by atoms with E-state index in [-0.39, 0.29) is 17.3 Å². The first-order valence-corrected chi connectivity index (χ1v) is 7.46. The number of fused-ring (bicyclic) bond motifs is 1. The Balaban J connectivity index is 2.01. The van der Waals surface area contributed by atoms with Crippen LogP contribution in [0.5, 0.6) is 0 Å². The fourth-order valence-electron chi connectivity index (χ4n) is 2.71. The lowest BCUT2D eigenvalue weighted by Crippen LogP contribution is -2.13. The molecule has 1 unspecified atom stereocenters. The molecule has 0 aliphatic carbocycles. The van der Waals surface area contributed by atoms with Crippen molar-refractivity contribution in [2.45, 2.75) is 12.3 Å². The number of hydrogen-bond donors (Lipinski definition) is 2. The number of benzene rings is 1. The Morgan fingerprint density at radius 2 is 2.12 bits per heavy atom. The zero-order valence-electron chi connectivity index (χ0n) is 13.1. The number of rotatable bonds is 5. The van der Waals surface area contributed by atoms with E-state index >= 15 is 0 Å². The van der Waals surface area contributed by atoms with Gasteiger partial charge in [0.25, 0.3) is 11.6 Å². The lowest BCUT2D eigenvalue weighted by molar-refractivity contribution is -0.383. The summed E-state index contributed by atoms with van der Waals surface area (Å²) >= 11 is 0. The number of anilines is 2. The van der Waals surface area contributed by atoms with Gasteiger partial charge in [0.05, 0.1) is 16.5 Å². The molecule has 3 rings (SSSR count). The number of aromatic nitrogens is 1. The van der Waals surface area contributed by atoms with Crippen molar-refractivity contribution in [3.8, 4) is 0 Å². The number of hydrogen-bond acceptors (Lipinski definition) is 5. The summed E-state index contributed by atoms with van der Waals surface area (Å²) in [6.45, 7) is 3.62. The molecular weight excluding hydrogens is 324 g/mol. The third-order valence-corrected chi connectivity index (χ3v) is 3.91. The molecule has 0 fully saturated rings. The van der Waals surface area contributed by atoms with Crippen LogP contribution in [0.15, 0.2) is 49.3 Å². The van der Waals surface area contributed by atoms with Gasteiger partial charge in [-0.1, -0.05) is 6.08 Å². The quantitative estimate of drug-likeness (QED) is 0.494. The molecule has 2 heterocycles. The van der Waals surface area contributed by atoms with E-state index in [1.54, 1.807) is 6.08 Å². The lowest BCUT2D eigenvalue weighted by Gasteiger charge is -2.10. The minimum absolute atomic E-state index is 0.0381. The SMILES string of the molecule is C=CCC1C(=O)Nc2cc([N+](=O)[O-])c(NC(=O)c3ccncc3)cc21. The van der Waals surface area contributed by atoms with Crippen molar-refractivity contribution in [3.63, 3.8) is 0 Å². The van der Waals surface area contributed by atoms with E-state index in [4.69, 9.17) is 0 Å². The number of allylic oxidation sites excluding steroid dienone is 1. The predicted molar refractivity (Wildman–Crippen MR) is 91.5 cm³/mol. The number of nitrogens with one attached hydrogen (secondary N) is 2. The minimum atomic E-state index is -0.602. The second kappa shape index (κ2) is 6.52. The zero-order chi connectivity index (χ0) is 18.0. The van der Waals surface area contributed by atoms with Gasteiger partial charge in [0, 0.05) is 24.0 Å². The van der Waals surface area contributed by atoms with Gasteiger partial charge in [-0.15, -0.1) is 6.58 Å². The minimum Gasteiger partial charge on any atom is -0.325 e. The van der Waals surface area contributed by atoms with Gasteiger partial charge in [-0.25, -0.2) is 0 Å². The zero-order valence-corrected chi connectivity index (χ0v) is 13.1. The first kappa shape index (κ1) is 16.3. The molecular formula is C17H14N4O4. The van der Waals surface area contributed by atoms with Crippen LogP contribution in [0.4, 0.5) is 17.1 Å². The van der Waals surface area contributed by atoms with Gasteiger partial charge in [-0.2, -0.15) is 0 Å². The van der Waals surface area contributed by atoms with Crippen molar-refractivity contribution in [2.24, 2.45) is 0 Å². The van der Waals surface area contributed by atoms with Gasteiger partial charge in [0.1, 0.15) is 5.69 Å². The van der Waals surface area contributed by atoms with Crippen LogP contribution in [0.1, 0.15) is 28.3 Å². The first-order chi connectivity index (χ1) is 12.0. The second-order valence-corrected chi connectivity index (χ2v) is 5.47. The maximum absolute atomic E-state index is 12.3. The highest BCUT2D eigenvalue weighted by Crippen LogP contribution is 2.41. The number of carbonyl (C=O) groups excluding carboxylic acids is 2.